The second-order valence-electron chi connectivity index (χ2n) is 5.67. The van der Waals surface area contributed by atoms with E-state index in [0.717, 1.165) is 30.2 Å². The predicted octanol–water partition coefficient (Wildman–Crippen LogP) is 3.65. The molecule has 2 aromatic carbocycles. The highest BCUT2D eigenvalue weighted by Gasteiger charge is 2.32. The SMILES string of the molecule is CCc1ccc(S(=O)(=O)Nc2cc(C(F)(F)F)ccc2-n2cncn2)cc1. The Morgan fingerprint density at radius 1 is 1.11 bits per heavy atom. The van der Waals surface area contributed by atoms with Gasteiger partial charge >= 0.3 is 6.18 Å². The third-order valence-electron chi connectivity index (χ3n) is 3.88. The van der Waals surface area contributed by atoms with Crippen LogP contribution in [0.4, 0.5) is 18.9 Å². The topological polar surface area (TPSA) is 76.9 Å². The van der Waals surface area contributed by atoms with Gasteiger partial charge < -0.3 is 0 Å². The number of sulfonamides is 1. The van der Waals surface area contributed by atoms with Crippen molar-refractivity contribution in [3.05, 3.63) is 66.2 Å². The third kappa shape index (κ3) is 4.11. The highest BCUT2D eigenvalue weighted by Crippen LogP contribution is 2.34. The number of alkyl halides is 3. The number of anilines is 1. The van der Waals surface area contributed by atoms with Gasteiger partial charge in [0, 0.05) is 0 Å². The van der Waals surface area contributed by atoms with Gasteiger partial charge in [0.25, 0.3) is 10.0 Å². The normalized spacial score (nSPS) is 12.1. The molecule has 0 bridgehead atoms. The zero-order valence-corrected chi connectivity index (χ0v) is 14.9. The van der Waals surface area contributed by atoms with E-state index in [9.17, 15) is 21.6 Å². The largest absolute Gasteiger partial charge is 0.416 e. The lowest BCUT2D eigenvalue weighted by atomic mass is 10.1. The summed E-state index contributed by atoms with van der Waals surface area (Å²) in [4.78, 5) is 3.68. The van der Waals surface area contributed by atoms with Crippen LogP contribution in [0.25, 0.3) is 5.69 Å². The molecule has 0 aliphatic heterocycles. The lowest BCUT2D eigenvalue weighted by Gasteiger charge is -2.15. The van der Waals surface area contributed by atoms with Crippen LogP contribution in [0.2, 0.25) is 0 Å². The molecule has 0 fully saturated rings. The Balaban J connectivity index is 2.05. The number of hydrogen-bond donors (Lipinski definition) is 1. The van der Waals surface area contributed by atoms with E-state index in [4.69, 9.17) is 0 Å². The standard InChI is InChI=1S/C17H15F3N4O2S/c1-2-12-3-6-14(7-4-12)27(25,26)23-15-9-13(17(18,19)20)5-8-16(15)24-11-21-10-22-24/h3-11,23H,2H2,1H3. The molecule has 3 rings (SSSR count). The van der Waals surface area contributed by atoms with Gasteiger partial charge in [-0.15, -0.1) is 0 Å². The number of nitrogens with zero attached hydrogens (tertiary/aromatic N) is 3. The number of halogens is 3. The van der Waals surface area contributed by atoms with E-state index in [0.29, 0.717) is 0 Å². The van der Waals surface area contributed by atoms with E-state index < -0.39 is 21.8 Å². The smallest absolute Gasteiger partial charge is 0.277 e. The number of benzene rings is 2. The number of nitrogens with one attached hydrogen (secondary N) is 1. The molecule has 27 heavy (non-hydrogen) atoms. The van der Waals surface area contributed by atoms with Crippen LogP contribution >= 0.6 is 0 Å². The Bertz CT molecular complexity index is 1030. The van der Waals surface area contributed by atoms with Crippen LogP contribution in [0.3, 0.4) is 0 Å². The molecule has 0 spiro atoms. The van der Waals surface area contributed by atoms with Crippen LogP contribution in [0.15, 0.2) is 60.0 Å². The van der Waals surface area contributed by atoms with E-state index >= 15 is 0 Å². The van der Waals surface area contributed by atoms with Crippen molar-refractivity contribution in [1.82, 2.24) is 14.8 Å². The van der Waals surface area contributed by atoms with Crippen molar-refractivity contribution in [3.63, 3.8) is 0 Å². The van der Waals surface area contributed by atoms with Gasteiger partial charge in [0.15, 0.2) is 0 Å². The van der Waals surface area contributed by atoms with Crippen molar-refractivity contribution in [1.29, 1.82) is 0 Å². The highest BCUT2D eigenvalue weighted by molar-refractivity contribution is 7.92. The lowest BCUT2D eigenvalue weighted by molar-refractivity contribution is -0.137. The molecule has 3 aromatic rings. The molecule has 1 N–H and O–H groups in total. The third-order valence-corrected chi connectivity index (χ3v) is 5.26. The van der Waals surface area contributed by atoms with Gasteiger partial charge in [-0.05, 0) is 42.3 Å². The first kappa shape index (κ1) is 18.9. The van der Waals surface area contributed by atoms with Gasteiger partial charge in [0.05, 0.1) is 21.8 Å². The molecule has 0 saturated carbocycles. The van der Waals surface area contributed by atoms with Gasteiger partial charge in [0.1, 0.15) is 12.7 Å². The van der Waals surface area contributed by atoms with Crippen molar-refractivity contribution in [2.24, 2.45) is 0 Å². The van der Waals surface area contributed by atoms with Crippen LogP contribution < -0.4 is 4.72 Å². The fraction of sp³-hybridized carbons (Fsp3) is 0.176. The van der Waals surface area contributed by atoms with E-state index in [1.807, 2.05) is 6.92 Å². The van der Waals surface area contributed by atoms with E-state index in [1.54, 1.807) is 12.1 Å². The summed E-state index contributed by atoms with van der Waals surface area (Å²) in [6, 6.07) is 8.83. The molecule has 0 aliphatic carbocycles. The summed E-state index contributed by atoms with van der Waals surface area (Å²) < 4.78 is 67.9. The Hall–Kier alpha value is -2.88. The minimum absolute atomic E-state index is 0.0540. The average Bonchev–Trinajstić information content (AvgIpc) is 3.15. The minimum Gasteiger partial charge on any atom is -0.277 e. The zero-order chi connectivity index (χ0) is 19.7. The number of aryl methyl sites for hydroxylation is 1. The first-order chi connectivity index (χ1) is 12.7. The van der Waals surface area contributed by atoms with Crippen molar-refractivity contribution in [3.8, 4) is 5.69 Å². The van der Waals surface area contributed by atoms with Crippen LogP contribution in [0.5, 0.6) is 0 Å². The molecule has 0 saturated heterocycles. The molecule has 1 heterocycles. The Kier molecular flexibility index (Phi) is 4.92. The van der Waals surface area contributed by atoms with Gasteiger partial charge in [-0.3, -0.25) is 4.72 Å². The van der Waals surface area contributed by atoms with Crippen LogP contribution in [-0.4, -0.2) is 23.2 Å². The molecule has 0 amide bonds. The van der Waals surface area contributed by atoms with Gasteiger partial charge in [0.2, 0.25) is 0 Å². The van der Waals surface area contributed by atoms with Gasteiger partial charge in [-0.2, -0.15) is 18.3 Å². The second kappa shape index (κ2) is 7.03. The van der Waals surface area contributed by atoms with E-state index in [2.05, 4.69) is 14.8 Å². The maximum absolute atomic E-state index is 13.1. The Labute approximate surface area is 153 Å². The van der Waals surface area contributed by atoms with Crippen molar-refractivity contribution >= 4 is 15.7 Å². The molecule has 1 aromatic heterocycles. The molecular weight excluding hydrogens is 381 g/mol. The predicted molar refractivity (Wildman–Crippen MR) is 93.0 cm³/mol. The van der Waals surface area contributed by atoms with Crippen LogP contribution in [0.1, 0.15) is 18.1 Å². The van der Waals surface area contributed by atoms with E-state index in [1.165, 1.54) is 29.5 Å². The summed E-state index contributed by atoms with van der Waals surface area (Å²) in [7, 11) is -4.09. The first-order valence-electron chi connectivity index (χ1n) is 7.88. The Morgan fingerprint density at radius 3 is 2.37 bits per heavy atom. The molecule has 0 radical (unpaired) electrons. The highest BCUT2D eigenvalue weighted by atomic mass is 32.2. The van der Waals surface area contributed by atoms with Crippen molar-refractivity contribution < 1.29 is 21.6 Å². The lowest BCUT2D eigenvalue weighted by Crippen LogP contribution is -2.16. The van der Waals surface area contributed by atoms with Gasteiger partial charge in [-0.25, -0.2) is 18.1 Å². The summed E-state index contributed by atoms with van der Waals surface area (Å²) in [6.45, 7) is 1.93. The summed E-state index contributed by atoms with van der Waals surface area (Å²) in [5, 5.41) is 3.85. The van der Waals surface area contributed by atoms with Crippen molar-refractivity contribution in [2.45, 2.75) is 24.4 Å². The molecular formula is C17H15F3N4O2S. The zero-order valence-electron chi connectivity index (χ0n) is 14.1. The van der Waals surface area contributed by atoms with Crippen LogP contribution in [-0.2, 0) is 22.6 Å². The summed E-state index contributed by atoms with van der Waals surface area (Å²) in [5.74, 6) is 0. The fourth-order valence-electron chi connectivity index (χ4n) is 2.43. The summed E-state index contributed by atoms with van der Waals surface area (Å²) in [6.07, 6.45) is -1.43. The average molecular weight is 396 g/mol. The quantitative estimate of drug-likeness (QED) is 0.714. The first-order valence-corrected chi connectivity index (χ1v) is 9.37. The molecule has 0 aliphatic rings. The second-order valence-corrected chi connectivity index (χ2v) is 7.36. The summed E-state index contributed by atoms with van der Waals surface area (Å²) >= 11 is 0. The Morgan fingerprint density at radius 2 is 1.81 bits per heavy atom. The molecule has 0 unspecified atom stereocenters. The molecule has 6 nitrogen and oxygen atoms in total. The number of hydrogen-bond acceptors (Lipinski definition) is 4. The summed E-state index contributed by atoms with van der Waals surface area (Å²) in [5.41, 5.74) is -0.175. The molecule has 0 atom stereocenters. The number of aromatic nitrogens is 3. The molecule has 10 heteroatoms. The van der Waals surface area contributed by atoms with Crippen molar-refractivity contribution in [2.75, 3.05) is 4.72 Å². The van der Waals surface area contributed by atoms with Gasteiger partial charge in [-0.1, -0.05) is 19.1 Å². The van der Waals surface area contributed by atoms with E-state index in [-0.39, 0.29) is 16.3 Å². The maximum atomic E-state index is 13.1. The fourth-order valence-corrected chi connectivity index (χ4v) is 3.50. The molecule has 142 valence electrons. The minimum atomic E-state index is -4.62. The van der Waals surface area contributed by atoms with Crippen LogP contribution in [0, 0.1) is 0 Å². The number of rotatable bonds is 5. The monoisotopic (exact) mass is 396 g/mol. The maximum Gasteiger partial charge on any atom is 0.416 e.